The number of amides is 1. The minimum absolute atomic E-state index is 0.117. The molecule has 4 N–H and O–H groups in total. The third-order valence-electron chi connectivity index (χ3n) is 6.97. The van der Waals surface area contributed by atoms with Crippen LogP contribution in [0.1, 0.15) is 59.3 Å². The summed E-state index contributed by atoms with van der Waals surface area (Å²) in [6, 6.07) is 11.3. The van der Waals surface area contributed by atoms with E-state index in [1.165, 1.54) is 0 Å². The average molecular weight is 504 g/mol. The summed E-state index contributed by atoms with van der Waals surface area (Å²) in [4.78, 5) is 21.9. The second kappa shape index (κ2) is 11.1. The van der Waals surface area contributed by atoms with Gasteiger partial charge in [-0.05, 0) is 75.0 Å². The number of nitrogens with zero attached hydrogens (tertiary/aromatic N) is 2. The highest BCUT2D eigenvalue weighted by Crippen LogP contribution is 2.40. The van der Waals surface area contributed by atoms with Crippen LogP contribution in [-0.2, 0) is 12.8 Å². The number of methoxy groups -OCH3 is 1. The number of piperidine rings is 1. The zero-order valence-electron chi connectivity index (χ0n) is 21.2. The summed E-state index contributed by atoms with van der Waals surface area (Å²) in [5.41, 5.74) is 3.95. The van der Waals surface area contributed by atoms with Gasteiger partial charge in [-0.25, -0.2) is 4.98 Å². The molecule has 1 fully saturated rings. The minimum Gasteiger partial charge on any atom is -0.495 e. The topological polar surface area (TPSA) is 118 Å². The Balaban J connectivity index is 1.35. The van der Waals surface area contributed by atoms with E-state index in [4.69, 9.17) is 9.47 Å². The number of fused-ring (bicyclic) bond motifs is 1. The fourth-order valence-corrected chi connectivity index (χ4v) is 4.89. The SMILES string of the molecule is CCc1cnc(Nc2ccc(C(=O)NC3CCNCC3)cc2OC)nc1Oc1cccc2c1C(O)CC2. The van der Waals surface area contributed by atoms with Crippen molar-refractivity contribution in [3.8, 4) is 17.4 Å². The van der Waals surface area contributed by atoms with Gasteiger partial charge >= 0.3 is 0 Å². The van der Waals surface area contributed by atoms with Gasteiger partial charge in [-0.15, -0.1) is 0 Å². The molecule has 2 aliphatic rings. The van der Waals surface area contributed by atoms with Gasteiger partial charge in [-0.2, -0.15) is 4.98 Å². The Bertz CT molecular complexity index is 1280. The van der Waals surface area contributed by atoms with Crippen LogP contribution in [0, 0.1) is 0 Å². The number of hydrogen-bond donors (Lipinski definition) is 4. The number of ether oxygens (including phenoxy) is 2. The molecule has 5 rings (SSSR count). The maximum absolute atomic E-state index is 12.8. The van der Waals surface area contributed by atoms with E-state index in [2.05, 4.69) is 25.9 Å². The summed E-state index contributed by atoms with van der Waals surface area (Å²) >= 11 is 0. The number of aromatic nitrogens is 2. The molecule has 0 bridgehead atoms. The van der Waals surface area contributed by atoms with E-state index in [0.717, 1.165) is 49.0 Å². The number of aliphatic hydroxyl groups excluding tert-OH is 1. The Morgan fingerprint density at radius 1 is 1.16 bits per heavy atom. The number of aryl methyl sites for hydroxylation is 2. The van der Waals surface area contributed by atoms with Crippen molar-refractivity contribution in [2.24, 2.45) is 0 Å². The van der Waals surface area contributed by atoms with E-state index in [-0.39, 0.29) is 11.9 Å². The lowest BCUT2D eigenvalue weighted by Crippen LogP contribution is -2.42. The molecule has 1 atom stereocenters. The van der Waals surface area contributed by atoms with Crippen molar-refractivity contribution in [1.29, 1.82) is 0 Å². The number of carbonyl (C=O) groups is 1. The molecule has 9 heteroatoms. The van der Waals surface area contributed by atoms with Crippen LogP contribution in [0.2, 0.25) is 0 Å². The molecule has 9 nitrogen and oxygen atoms in total. The first kappa shape index (κ1) is 25.0. The second-order valence-corrected chi connectivity index (χ2v) is 9.40. The van der Waals surface area contributed by atoms with Crippen molar-refractivity contribution in [1.82, 2.24) is 20.6 Å². The predicted molar refractivity (Wildman–Crippen MR) is 141 cm³/mol. The van der Waals surface area contributed by atoms with Crippen LogP contribution in [0.15, 0.2) is 42.6 Å². The lowest BCUT2D eigenvalue weighted by atomic mass is 10.1. The first-order valence-electron chi connectivity index (χ1n) is 12.9. The molecule has 0 saturated carbocycles. The Labute approximate surface area is 216 Å². The zero-order chi connectivity index (χ0) is 25.8. The molecule has 194 valence electrons. The highest BCUT2D eigenvalue weighted by atomic mass is 16.5. The van der Waals surface area contributed by atoms with Gasteiger partial charge in [-0.1, -0.05) is 19.1 Å². The van der Waals surface area contributed by atoms with Crippen LogP contribution >= 0.6 is 0 Å². The number of aliphatic hydroxyl groups is 1. The van der Waals surface area contributed by atoms with Crippen molar-refractivity contribution in [3.05, 3.63) is 64.8 Å². The van der Waals surface area contributed by atoms with Crippen LogP contribution in [-0.4, -0.2) is 47.2 Å². The van der Waals surface area contributed by atoms with Crippen molar-refractivity contribution >= 4 is 17.5 Å². The van der Waals surface area contributed by atoms with Crippen molar-refractivity contribution in [3.63, 3.8) is 0 Å². The average Bonchev–Trinajstić information content (AvgIpc) is 3.31. The van der Waals surface area contributed by atoms with Gasteiger partial charge in [0.05, 0.1) is 18.9 Å². The molecule has 1 saturated heterocycles. The molecule has 37 heavy (non-hydrogen) atoms. The molecule has 1 amide bonds. The van der Waals surface area contributed by atoms with Crippen molar-refractivity contribution < 1.29 is 19.4 Å². The summed E-state index contributed by atoms with van der Waals surface area (Å²) in [6.07, 6.45) is 5.25. The van der Waals surface area contributed by atoms with E-state index in [1.54, 1.807) is 31.5 Å². The Morgan fingerprint density at radius 2 is 2.00 bits per heavy atom. The summed E-state index contributed by atoms with van der Waals surface area (Å²) in [5, 5.41) is 20.1. The minimum atomic E-state index is -0.537. The lowest BCUT2D eigenvalue weighted by molar-refractivity contribution is 0.0929. The standard InChI is InChI=1S/C28H33N5O4/c1-3-17-16-30-28(33-27(17)37-23-6-4-5-18-8-10-22(34)25(18)23)32-21-9-7-19(15-24(21)36-2)26(35)31-20-11-13-29-14-12-20/h4-7,9,15-16,20,22,29,34H,3,8,10-14H2,1-2H3,(H,31,35)(H,30,32,33). The number of carbonyl (C=O) groups excluding carboxylic acids is 1. The molecule has 1 aromatic heterocycles. The molecule has 1 unspecified atom stereocenters. The van der Waals surface area contributed by atoms with Crippen LogP contribution in [0.5, 0.6) is 17.4 Å². The zero-order valence-corrected chi connectivity index (χ0v) is 21.2. The molecular weight excluding hydrogens is 470 g/mol. The highest BCUT2D eigenvalue weighted by molar-refractivity contribution is 5.95. The maximum Gasteiger partial charge on any atom is 0.251 e. The summed E-state index contributed by atoms with van der Waals surface area (Å²) in [5.74, 6) is 1.78. The van der Waals surface area contributed by atoms with E-state index in [0.29, 0.717) is 47.4 Å². The van der Waals surface area contributed by atoms with Gasteiger partial charge in [0.1, 0.15) is 11.5 Å². The normalized spacial score (nSPS) is 17.2. The van der Waals surface area contributed by atoms with Crippen molar-refractivity contribution in [2.75, 3.05) is 25.5 Å². The fourth-order valence-electron chi connectivity index (χ4n) is 4.89. The quantitative estimate of drug-likeness (QED) is 0.364. The van der Waals surface area contributed by atoms with Gasteiger partial charge in [0.25, 0.3) is 5.91 Å². The largest absolute Gasteiger partial charge is 0.495 e. The number of rotatable bonds is 8. The van der Waals surface area contributed by atoms with E-state index >= 15 is 0 Å². The second-order valence-electron chi connectivity index (χ2n) is 9.40. The van der Waals surface area contributed by atoms with E-state index < -0.39 is 6.10 Å². The molecule has 1 aliphatic carbocycles. The van der Waals surface area contributed by atoms with Gasteiger partial charge < -0.3 is 30.5 Å². The van der Waals surface area contributed by atoms with E-state index in [1.807, 2.05) is 25.1 Å². The maximum atomic E-state index is 12.8. The number of benzene rings is 2. The third-order valence-corrected chi connectivity index (χ3v) is 6.97. The molecule has 3 aromatic rings. The smallest absolute Gasteiger partial charge is 0.251 e. The van der Waals surface area contributed by atoms with E-state index in [9.17, 15) is 9.90 Å². The molecule has 2 heterocycles. The summed E-state index contributed by atoms with van der Waals surface area (Å²) in [7, 11) is 1.56. The van der Waals surface area contributed by atoms with Crippen LogP contribution in [0.3, 0.4) is 0 Å². The summed E-state index contributed by atoms with van der Waals surface area (Å²) in [6.45, 7) is 3.83. The first-order valence-corrected chi connectivity index (χ1v) is 12.9. The number of anilines is 2. The molecule has 0 radical (unpaired) electrons. The highest BCUT2D eigenvalue weighted by Gasteiger charge is 2.25. The van der Waals surface area contributed by atoms with Gasteiger partial charge in [0, 0.05) is 28.9 Å². The Kier molecular flexibility index (Phi) is 7.52. The lowest BCUT2D eigenvalue weighted by Gasteiger charge is -2.23. The van der Waals surface area contributed by atoms with Crippen molar-refractivity contribution in [2.45, 2.75) is 51.2 Å². The molecular formula is C28H33N5O4. The Morgan fingerprint density at radius 3 is 2.78 bits per heavy atom. The first-order chi connectivity index (χ1) is 18.1. The molecule has 0 spiro atoms. The van der Waals surface area contributed by atoms with Crippen LogP contribution < -0.4 is 25.4 Å². The molecule has 2 aromatic carbocycles. The van der Waals surface area contributed by atoms with Gasteiger partial charge in [0.2, 0.25) is 11.8 Å². The monoisotopic (exact) mass is 503 g/mol. The predicted octanol–water partition coefficient (Wildman–Crippen LogP) is 4.04. The number of hydrogen-bond acceptors (Lipinski definition) is 8. The van der Waals surface area contributed by atoms with Gasteiger partial charge in [-0.3, -0.25) is 4.79 Å². The molecule has 1 aliphatic heterocycles. The number of nitrogens with one attached hydrogen (secondary N) is 3. The third kappa shape index (κ3) is 5.52. The van der Waals surface area contributed by atoms with Crippen LogP contribution in [0.25, 0.3) is 0 Å². The summed E-state index contributed by atoms with van der Waals surface area (Å²) < 4.78 is 11.8. The van der Waals surface area contributed by atoms with Crippen LogP contribution in [0.4, 0.5) is 11.6 Å². The Hall–Kier alpha value is -3.69. The fraction of sp³-hybridized carbons (Fsp3) is 0.393. The van der Waals surface area contributed by atoms with Gasteiger partial charge in [0.15, 0.2) is 0 Å².